The number of benzene rings is 2. The van der Waals surface area contributed by atoms with Gasteiger partial charge >= 0.3 is 11.9 Å². The number of anilines is 1. The quantitative estimate of drug-likeness (QED) is 0.282. The van der Waals surface area contributed by atoms with Crippen LogP contribution >= 0.6 is 11.8 Å². The van der Waals surface area contributed by atoms with Crippen LogP contribution in [0.3, 0.4) is 0 Å². The summed E-state index contributed by atoms with van der Waals surface area (Å²) in [6, 6.07) is 13.2. The molecule has 0 saturated carbocycles. The third-order valence-electron chi connectivity index (χ3n) is 5.39. The second-order valence-electron chi connectivity index (χ2n) is 8.06. The van der Waals surface area contributed by atoms with Crippen molar-refractivity contribution in [3.8, 4) is 0 Å². The van der Waals surface area contributed by atoms with Gasteiger partial charge in [-0.3, -0.25) is 9.59 Å². The number of esters is 2. The molecule has 0 unspecified atom stereocenters. The number of hydrogen-bond donors (Lipinski definition) is 1. The lowest BCUT2D eigenvalue weighted by Crippen LogP contribution is -2.29. The van der Waals surface area contributed by atoms with Crippen LogP contribution in [0, 0.1) is 0 Å². The largest absolute Gasteiger partial charge is 0.462 e. The minimum Gasteiger partial charge on any atom is -0.462 e. The van der Waals surface area contributed by atoms with Crippen molar-refractivity contribution in [2.75, 3.05) is 37.4 Å². The highest BCUT2D eigenvalue weighted by Gasteiger charge is 2.20. The Labute approximate surface area is 209 Å². The molecule has 0 radical (unpaired) electrons. The van der Waals surface area contributed by atoms with E-state index in [4.69, 9.17) is 9.47 Å². The molecule has 0 atom stereocenters. The van der Waals surface area contributed by atoms with Gasteiger partial charge in [-0.25, -0.2) is 9.59 Å². The van der Waals surface area contributed by atoms with E-state index in [0.717, 1.165) is 38.8 Å². The van der Waals surface area contributed by atoms with Crippen molar-refractivity contribution in [2.45, 2.75) is 37.5 Å². The molecule has 0 bridgehead atoms. The Morgan fingerprint density at radius 2 is 1.66 bits per heavy atom. The van der Waals surface area contributed by atoms with Crippen molar-refractivity contribution in [2.24, 2.45) is 0 Å². The highest BCUT2D eigenvalue weighted by molar-refractivity contribution is 8.00. The first kappa shape index (κ1) is 26.3. The Morgan fingerprint density at radius 3 is 2.37 bits per heavy atom. The molecule has 1 aliphatic heterocycles. The van der Waals surface area contributed by atoms with Gasteiger partial charge in [-0.1, -0.05) is 25.5 Å². The van der Waals surface area contributed by atoms with Crippen LogP contribution in [0.4, 0.5) is 5.69 Å². The lowest BCUT2D eigenvalue weighted by Gasteiger charge is -2.15. The number of hydrogen-bond acceptors (Lipinski definition) is 7. The van der Waals surface area contributed by atoms with Gasteiger partial charge in [-0.05, 0) is 55.7 Å². The second-order valence-corrected chi connectivity index (χ2v) is 9.08. The topological polar surface area (TPSA) is 102 Å². The normalized spacial score (nSPS) is 12.8. The average Bonchev–Trinajstić information content (AvgIpc) is 3.42. The molecule has 186 valence electrons. The van der Waals surface area contributed by atoms with Crippen LogP contribution in [0.25, 0.3) is 0 Å². The number of rotatable bonds is 11. The van der Waals surface area contributed by atoms with Gasteiger partial charge in [0, 0.05) is 23.7 Å². The number of nitrogens with zero attached hydrogens (tertiary/aromatic N) is 1. The van der Waals surface area contributed by atoms with Crippen molar-refractivity contribution in [1.29, 1.82) is 0 Å². The van der Waals surface area contributed by atoms with Crippen LogP contribution in [0.2, 0.25) is 0 Å². The van der Waals surface area contributed by atoms with Crippen molar-refractivity contribution in [3.63, 3.8) is 0 Å². The number of thioether (sulfide) groups is 1. The van der Waals surface area contributed by atoms with E-state index in [2.05, 4.69) is 5.32 Å². The van der Waals surface area contributed by atoms with Crippen LogP contribution in [0.15, 0.2) is 53.4 Å². The highest BCUT2D eigenvalue weighted by Crippen LogP contribution is 2.24. The molecule has 35 heavy (non-hydrogen) atoms. The van der Waals surface area contributed by atoms with Crippen LogP contribution in [-0.2, 0) is 19.1 Å². The molecule has 1 saturated heterocycles. The van der Waals surface area contributed by atoms with Crippen molar-refractivity contribution in [3.05, 3.63) is 59.7 Å². The minimum absolute atomic E-state index is 0.0512. The maximum Gasteiger partial charge on any atom is 0.339 e. The summed E-state index contributed by atoms with van der Waals surface area (Å²) in [4.78, 5) is 51.6. The van der Waals surface area contributed by atoms with Gasteiger partial charge in [0.2, 0.25) is 5.91 Å². The third-order valence-corrected chi connectivity index (χ3v) is 6.44. The lowest BCUT2D eigenvalue weighted by molar-refractivity contribution is -0.127. The van der Waals surface area contributed by atoms with Crippen molar-refractivity contribution < 1.29 is 28.7 Å². The van der Waals surface area contributed by atoms with Gasteiger partial charge in [0.05, 0.1) is 23.5 Å². The Bertz CT molecular complexity index is 1030. The molecule has 1 aliphatic rings. The number of likely N-dealkylation sites (tertiary alicyclic amines) is 1. The predicted octanol–water partition coefficient (Wildman–Crippen LogP) is 4.15. The molecular weight excluding hydrogens is 468 g/mol. The molecule has 2 aromatic carbocycles. The summed E-state index contributed by atoms with van der Waals surface area (Å²) in [5.74, 6) is -1.26. The highest BCUT2D eigenvalue weighted by atomic mass is 32.2. The second kappa shape index (κ2) is 13.5. The fraction of sp³-hybridized carbons (Fsp3) is 0.385. The first-order valence-corrected chi connectivity index (χ1v) is 12.7. The van der Waals surface area contributed by atoms with Gasteiger partial charge in [0.15, 0.2) is 6.61 Å². The van der Waals surface area contributed by atoms with E-state index in [-0.39, 0.29) is 11.7 Å². The number of nitrogens with one attached hydrogen (secondary N) is 1. The van der Waals surface area contributed by atoms with Crippen molar-refractivity contribution >= 4 is 41.2 Å². The van der Waals surface area contributed by atoms with E-state index < -0.39 is 24.5 Å². The fourth-order valence-corrected chi connectivity index (χ4v) is 4.39. The zero-order valence-electron chi connectivity index (χ0n) is 19.8. The maximum atomic E-state index is 12.6. The number of ether oxygens (including phenoxy) is 2. The van der Waals surface area contributed by atoms with E-state index in [0.29, 0.717) is 28.3 Å². The molecule has 2 aromatic rings. The summed E-state index contributed by atoms with van der Waals surface area (Å²) >= 11 is 1.29. The first-order valence-electron chi connectivity index (χ1n) is 11.7. The molecular formula is C26H30N2O6S. The van der Waals surface area contributed by atoms with Crippen LogP contribution in [-0.4, -0.2) is 60.7 Å². The Balaban J connectivity index is 1.47. The molecule has 1 fully saturated rings. The van der Waals surface area contributed by atoms with Gasteiger partial charge < -0.3 is 19.7 Å². The third kappa shape index (κ3) is 8.13. The van der Waals surface area contributed by atoms with E-state index in [9.17, 15) is 19.2 Å². The summed E-state index contributed by atoms with van der Waals surface area (Å²) in [5, 5.41) is 2.63. The van der Waals surface area contributed by atoms with Crippen LogP contribution in [0.5, 0.6) is 0 Å². The Morgan fingerprint density at radius 1 is 0.943 bits per heavy atom. The summed E-state index contributed by atoms with van der Waals surface area (Å²) < 4.78 is 10.3. The molecule has 8 nitrogen and oxygen atoms in total. The molecule has 1 heterocycles. The summed E-state index contributed by atoms with van der Waals surface area (Å²) in [6.07, 6.45) is 3.79. The zero-order valence-corrected chi connectivity index (χ0v) is 20.6. The van der Waals surface area contributed by atoms with Crippen LogP contribution in [0.1, 0.15) is 53.3 Å². The summed E-state index contributed by atoms with van der Waals surface area (Å²) in [6.45, 7) is 3.48. The maximum absolute atomic E-state index is 12.6. The smallest absolute Gasteiger partial charge is 0.339 e. The van der Waals surface area contributed by atoms with Gasteiger partial charge in [0.25, 0.3) is 5.91 Å². The molecule has 1 N–H and O–H groups in total. The lowest BCUT2D eigenvalue weighted by atomic mass is 10.2. The summed E-state index contributed by atoms with van der Waals surface area (Å²) in [7, 11) is 0. The number of amides is 2. The molecule has 9 heteroatoms. The van der Waals surface area contributed by atoms with Gasteiger partial charge in [0.1, 0.15) is 0 Å². The number of unbranched alkanes of at least 4 members (excludes halogenated alkanes) is 1. The Kier molecular flexibility index (Phi) is 10.2. The van der Waals surface area contributed by atoms with Crippen LogP contribution < -0.4 is 5.32 Å². The van der Waals surface area contributed by atoms with E-state index in [1.54, 1.807) is 48.5 Å². The summed E-state index contributed by atoms with van der Waals surface area (Å²) in [5.41, 5.74) is 1.17. The minimum atomic E-state index is -0.637. The molecule has 2 amide bonds. The first-order chi connectivity index (χ1) is 17.0. The van der Waals surface area contributed by atoms with Gasteiger partial charge in [-0.15, -0.1) is 11.8 Å². The standard InChI is InChI=1S/C26H30N2O6S/c1-2-3-16-33-25(31)19-10-12-20(13-11-19)27-23(29)17-34-26(32)21-8-4-5-9-22(21)35-18-24(30)28-14-6-7-15-28/h4-5,8-13H,2-3,6-7,14-18H2,1H3,(H,27,29). The number of carbonyl (C=O) groups is 4. The SMILES string of the molecule is CCCCOC(=O)c1ccc(NC(=O)COC(=O)c2ccccc2SCC(=O)N2CCCC2)cc1. The molecule has 0 aromatic heterocycles. The van der Waals surface area contributed by atoms with Gasteiger partial charge in [-0.2, -0.15) is 0 Å². The molecule has 0 aliphatic carbocycles. The van der Waals surface area contributed by atoms with E-state index in [1.807, 2.05) is 11.8 Å². The predicted molar refractivity (Wildman–Crippen MR) is 134 cm³/mol. The van der Waals surface area contributed by atoms with Crippen molar-refractivity contribution in [1.82, 2.24) is 4.90 Å². The monoisotopic (exact) mass is 498 g/mol. The fourth-order valence-electron chi connectivity index (χ4n) is 3.45. The van der Waals surface area contributed by atoms with E-state index in [1.165, 1.54) is 11.8 Å². The zero-order chi connectivity index (χ0) is 25.0. The average molecular weight is 499 g/mol. The molecule has 0 spiro atoms. The molecule has 3 rings (SSSR count). The number of carbonyl (C=O) groups excluding carboxylic acids is 4. The Hall–Kier alpha value is -3.33. The van der Waals surface area contributed by atoms with E-state index >= 15 is 0 Å².